The van der Waals surface area contributed by atoms with E-state index in [1.54, 1.807) is 12.1 Å². The predicted molar refractivity (Wildman–Crippen MR) is 133 cm³/mol. The minimum atomic E-state index is -4.04. The lowest BCUT2D eigenvalue weighted by molar-refractivity contribution is 0.158. The number of sulfonamides is 1. The van der Waals surface area contributed by atoms with Gasteiger partial charge >= 0.3 is 0 Å². The summed E-state index contributed by atoms with van der Waals surface area (Å²) in [6.45, 7) is 2.81. The quantitative estimate of drug-likeness (QED) is 0.432. The zero-order chi connectivity index (χ0) is 25.5. The van der Waals surface area contributed by atoms with E-state index in [9.17, 15) is 17.2 Å². The zero-order valence-corrected chi connectivity index (χ0v) is 21.1. The van der Waals surface area contributed by atoms with Crippen LogP contribution >= 0.6 is 0 Å². The average Bonchev–Trinajstić information content (AvgIpc) is 3.40. The SMILES string of the molecule is COCCN(C[C@H]1CCC2=Cc3c(cnn3-c3ccc(F)cc3)C[C@@]21C)S(=O)(=O)c1ccccc1F. The fourth-order valence-corrected chi connectivity index (χ4v) is 7.09. The Hall–Kier alpha value is -2.88. The molecule has 1 saturated carbocycles. The summed E-state index contributed by atoms with van der Waals surface area (Å²) in [5.74, 6) is -1.01. The van der Waals surface area contributed by atoms with Crippen LogP contribution in [-0.2, 0) is 21.2 Å². The molecule has 0 amide bonds. The number of hydrogen-bond acceptors (Lipinski definition) is 4. The van der Waals surface area contributed by atoms with E-state index >= 15 is 0 Å². The minimum Gasteiger partial charge on any atom is -0.383 e. The summed E-state index contributed by atoms with van der Waals surface area (Å²) in [4.78, 5) is -0.313. The van der Waals surface area contributed by atoms with E-state index in [1.807, 2.05) is 10.9 Å². The van der Waals surface area contributed by atoms with E-state index in [1.165, 1.54) is 53.4 Å². The van der Waals surface area contributed by atoms with Crippen molar-refractivity contribution in [2.24, 2.45) is 11.3 Å². The van der Waals surface area contributed by atoms with Gasteiger partial charge in [0.15, 0.2) is 0 Å². The number of benzene rings is 2. The second kappa shape index (κ2) is 9.53. The van der Waals surface area contributed by atoms with E-state index in [0.29, 0.717) is 0 Å². The first-order valence-electron chi connectivity index (χ1n) is 12.0. The monoisotopic (exact) mass is 513 g/mol. The predicted octanol–water partition coefficient (Wildman–Crippen LogP) is 4.84. The molecule has 190 valence electrons. The molecule has 0 spiro atoms. The first kappa shape index (κ1) is 24.8. The molecule has 36 heavy (non-hydrogen) atoms. The maximum atomic E-state index is 14.5. The Balaban J connectivity index is 1.44. The maximum Gasteiger partial charge on any atom is 0.246 e. The second-order valence-electron chi connectivity index (χ2n) is 9.73. The van der Waals surface area contributed by atoms with Crippen molar-refractivity contribution in [3.8, 4) is 5.69 Å². The van der Waals surface area contributed by atoms with Crippen molar-refractivity contribution in [2.45, 2.75) is 31.1 Å². The fraction of sp³-hybridized carbons (Fsp3) is 0.370. The van der Waals surface area contributed by atoms with Gasteiger partial charge < -0.3 is 4.74 Å². The smallest absolute Gasteiger partial charge is 0.246 e. The van der Waals surface area contributed by atoms with Crippen molar-refractivity contribution in [1.29, 1.82) is 0 Å². The Morgan fingerprint density at radius 2 is 1.92 bits per heavy atom. The van der Waals surface area contributed by atoms with Crippen molar-refractivity contribution in [3.05, 3.63) is 83.2 Å². The van der Waals surface area contributed by atoms with Gasteiger partial charge in [-0.1, -0.05) is 24.6 Å². The highest BCUT2D eigenvalue weighted by Crippen LogP contribution is 2.53. The molecule has 1 aromatic heterocycles. The van der Waals surface area contributed by atoms with Crippen LogP contribution in [0.3, 0.4) is 0 Å². The first-order valence-corrected chi connectivity index (χ1v) is 13.5. The van der Waals surface area contributed by atoms with E-state index in [0.717, 1.165) is 36.2 Å². The third-order valence-corrected chi connectivity index (χ3v) is 9.54. The summed E-state index contributed by atoms with van der Waals surface area (Å²) in [5, 5.41) is 4.56. The lowest BCUT2D eigenvalue weighted by Crippen LogP contribution is -2.42. The van der Waals surface area contributed by atoms with Gasteiger partial charge in [-0.2, -0.15) is 9.40 Å². The lowest BCUT2D eigenvalue weighted by Gasteiger charge is -2.38. The molecule has 2 aliphatic rings. The number of allylic oxidation sites excluding steroid dienone is 1. The highest BCUT2D eigenvalue weighted by Gasteiger charge is 2.47. The third-order valence-electron chi connectivity index (χ3n) is 7.65. The fourth-order valence-electron chi connectivity index (χ4n) is 5.56. The van der Waals surface area contributed by atoms with Gasteiger partial charge in [-0.15, -0.1) is 0 Å². The van der Waals surface area contributed by atoms with Gasteiger partial charge in [0.2, 0.25) is 10.0 Å². The summed E-state index contributed by atoms with van der Waals surface area (Å²) in [7, 11) is -2.52. The number of hydrogen-bond donors (Lipinski definition) is 0. The van der Waals surface area contributed by atoms with Crippen LogP contribution in [-0.4, -0.2) is 49.3 Å². The van der Waals surface area contributed by atoms with E-state index in [-0.39, 0.29) is 41.7 Å². The largest absolute Gasteiger partial charge is 0.383 e. The molecule has 0 N–H and O–H groups in total. The molecular weight excluding hydrogens is 484 g/mol. The Labute approximate surface area is 210 Å². The van der Waals surface area contributed by atoms with Crippen LogP contribution in [0.15, 0.2) is 65.2 Å². The number of ether oxygens (including phenoxy) is 1. The zero-order valence-electron chi connectivity index (χ0n) is 20.3. The van der Waals surface area contributed by atoms with Gasteiger partial charge in [0.1, 0.15) is 16.5 Å². The minimum absolute atomic E-state index is 0.0458. The Kier molecular flexibility index (Phi) is 6.57. The first-order chi connectivity index (χ1) is 17.2. The highest BCUT2D eigenvalue weighted by atomic mass is 32.2. The number of fused-ring (bicyclic) bond motifs is 2. The second-order valence-corrected chi connectivity index (χ2v) is 11.6. The van der Waals surface area contributed by atoms with Crippen molar-refractivity contribution in [2.75, 3.05) is 26.8 Å². The molecule has 0 bridgehead atoms. The molecule has 9 heteroatoms. The summed E-state index contributed by atoms with van der Waals surface area (Å²) in [6.07, 6.45) is 6.38. The van der Waals surface area contributed by atoms with Crippen LogP contribution in [0.2, 0.25) is 0 Å². The number of nitrogens with zero attached hydrogens (tertiary/aromatic N) is 3. The summed E-state index contributed by atoms with van der Waals surface area (Å²) >= 11 is 0. The normalized spacial score (nSPS) is 21.4. The maximum absolute atomic E-state index is 14.5. The van der Waals surface area contributed by atoms with Crippen molar-refractivity contribution >= 4 is 16.1 Å². The number of methoxy groups -OCH3 is 1. The number of aromatic nitrogens is 2. The van der Waals surface area contributed by atoms with Gasteiger partial charge in [0.25, 0.3) is 0 Å². The van der Waals surface area contributed by atoms with Crippen LogP contribution in [0.5, 0.6) is 0 Å². The van der Waals surface area contributed by atoms with E-state index < -0.39 is 15.8 Å². The molecule has 0 aliphatic heterocycles. The topological polar surface area (TPSA) is 64.4 Å². The third kappa shape index (κ3) is 4.29. The van der Waals surface area contributed by atoms with Crippen molar-refractivity contribution in [3.63, 3.8) is 0 Å². The average molecular weight is 514 g/mol. The molecule has 2 atom stereocenters. The number of halogens is 2. The molecule has 0 unspecified atom stereocenters. The highest BCUT2D eigenvalue weighted by molar-refractivity contribution is 7.89. The molecule has 1 fully saturated rings. The van der Waals surface area contributed by atoms with Gasteiger partial charge in [0.05, 0.1) is 24.2 Å². The van der Waals surface area contributed by atoms with Crippen LogP contribution in [0, 0.1) is 23.0 Å². The standard InChI is InChI=1S/C27H29F2N3O3S/c1-27-16-19-17-30-32(23-11-9-22(28)10-12-23)25(19)15-20(27)7-8-21(27)18-31(13-14-35-2)36(33,34)26-6-4-3-5-24(26)29/h3-6,9-12,15,17,21H,7-8,13-14,16,18H2,1-2H3/t21-,27+/m1/s1. The van der Waals surface area contributed by atoms with Crippen LogP contribution in [0.4, 0.5) is 8.78 Å². The van der Waals surface area contributed by atoms with Gasteiger partial charge in [-0.25, -0.2) is 21.9 Å². The van der Waals surface area contributed by atoms with Crippen LogP contribution < -0.4 is 0 Å². The summed E-state index contributed by atoms with van der Waals surface area (Å²) < 4.78 is 63.2. The Morgan fingerprint density at radius 3 is 2.64 bits per heavy atom. The molecule has 2 aliphatic carbocycles. The lowest BCUT2D eigenvalue weighted by atomic mass is 9.70. The Morgan fingerprint density at radius 1 is 1.17 bits per heavy atom. The van der Waals surface area contributed by atoms with Crippen molar-refractivity contribution < 1.29 is 21.9 Å². The summed E-state index contributed by atoms with van der Waals surface area (Å²) in [6, 6.07) is 11.7. The molecule has 2 aromatic carbocycles. The number of rotatable bonds is 8. The van der Waals surface area contributed by atoms with E-state index in [2.05, 4.69) is 18.1 Å². The van der Waals surface area contributed by atoms with Gasteiger partial charge in [-0.3, -0.25) is 0 Å². The molecule has 3 aromatic rings. The van der Waals surface area contributed by atoms with E-state index in [4.69, 9.17) is 4.74 Å². The molecule has 0 saturated heterocycles. The Bertz CT molecular complexity index is 1400. The molecule has 1 heterocycles. The molecule has 5 rings (SSSR count). The van der Waals surface area contributed by atoms with Crippen LogP contribution in [0.1, 0.15) is 31.0 Å². The summed E-state index contributed by atoms with van der Waals surface area (Å²) in [5.41, 5.74) is 3.83. The molecule has 0 radical (unpaired) electrons. The van der Waals surface area contributed by atoms with Crippen molar-refractivity contribution in [1.82, 2.24) is 14.1 Å². The van der Waals surface area contributed by atoms with Gasteiger partial charge in [0, 0.05) is 20.2 Å². The van der Waals surface area contributed by atoms with Crippen LogP contribution in [0.25, 0.3) is 11.8 Å². The van der Waals surface area contributed by atoms with Gasteiger partial charge in [-0.05, 0) is 78.6 Å². The molecule has 6 nitrogen and oxygen atoms in total. The molecular formula is C27H29F2N3O3S.